The Morgan fingerprint density at radius 2 is 1.96 bits per heavy atom. The average Bonchev–Trinajstić information content (AvgIpc) is 3.06. The summed E-state index contributed by atoms with van der Waals surface area (Å²) in [7, 11) is 0. The third-order valence-corrected chi connectivity index (χ3v) is 5.34. The Morgan fingerprint density at radius 3 is 2.62 bits per heavy atom. The van der Waals surface area contributed by atoms with E-state index in [0.29, 0.717) is 18.2 Å². The molecule has 2 atom stereocenters. The van der Waals surface area contributed by atoms with Crippen LogP contribution in [0.25, 0.3) is 0 Å². The van der Waals surface area contributed by atoms with Crippen molar-refractivity contribution in [2.75, 3.05) is 26.2 Å². The molecule has 0 aromatic heterocycles. The number of piperidine rings is 1. The lowest BCUT2D eigenvalue weighted by molar-refractivity contribution is -0.123. The van der Waals surface area contributed by atoms with Gasteiger partial charge in [-0.25, -0.2) is 4.39 Å². The molecule has 0 spiro atoms. The maximum absolute atomic E-state index is 13.8. The minimum Gasteiger partial charge on any atom is -0.387 e. The Labute approximate surface area is 142 Å². The molecule has 3 rings (SSSR count). The van der Waals surface area contributed by atoms with Crippen LogP contribution >= 0.6 is 0 Å². The van der Waals surface area contributed by atoms with E-state index in [1.54, 1.807) is 18.2 Å². The summed E-state index contributed by atoms with van der Waals surface area (Å²) in [4.78, 5) is 16.0. The van der Waals surface area contributed by atoms with E-state index in [4.69, 9.17) is 5.73 Å². The monoisotopic (exact) mass is 335 g/mol. The van der Waals surface area contributed by atoms with Gasteiger partial charge < -0.3 is 15.7 Å². The molecule has 2 aliphatic rings. The number of primary amides is 1. The van der Waals surface area contributed by atoms with Gasteiger partial charge in [0.2, 0.25) is 5.91 Å². The minimum absolute atomic E-state index is 0.120. The molecule has 2 heterocycles. The molecular formula is C18H26FN3O2. The van der Waals surface area contributed by atoms with Crippen molar-refractivity contribution in [1.82, 2.24) is 9.80 Å². The number of nitrogens with zero attached hydrogens (tertiary/aromatic N) is 2. The normalized spacial score (nSPS) is 25.0. The van der Waals surface area contributed by atoms with Crippen LogP contribution in [0.3, 0.4) is 0 Å². The van der Waals surface area contributed by atoms with E-state index in [-0.39, 0.29) is 17.8 Å². The average molecular weight is 335 g/mol. The molecule has 0 aliphatic carbocycles. The number of hydrogen-bond acceptors (Lipinski definition) is 4. The first-order valence-corrected chi connectivity index (χ1v) is 8.76. The van der Waals surface area contributed by atoms with E-state index in [1.165, 1.54) is 6.07 Å². The van der Waals surface area contributed by atoms with E-state index in [9.17, 15) is 14.3 Å². The first-order valence-electron chi connectivity index (χ1n) is 8.76. The van der Waals surface area contributed by atoms with Crippen molar-refractivity contribution in [2.24, 2.45) is 5.73 Å². The van der Waals surface area contributed by atoms with Gasteiger partial charge in [0, 0.05) is 18.2 Å². The van der Waals surface area contributed by atoms with Crippen LogP contribution < -0.4 is 5.73 Å². The zero-order valence-electron chi connectivity index (χ0n) is 13.9. The summed E-state index contributed by atoms with van der Waals surface area (Å²) in [5.74, 6) is -0.578. The number of nitrogens with two attached hydrogens (primary N) is 1. The molecule has 1 aromatic carbocycles. The first kappa shape index (κ1) is 17.3. The van der Waals surface area contributed by atoms with E-state index in [2.05, 4.69) is 9.80 Å². The Morgan fingerprint density at radius 1 is 1.25 bits per heavy atom. The molecule has 5 nitrogen and oxygen atoms in total. The molecule has 2 unspecified atom stereocenters. The van der Waals surface area contributed by atoms with Crippen LogP contribution in [0, 0.1) is 5.82 Å². The molecule has 132 valence electrons. The number of aliphatic hydroxyl groups is 1. The summed E-state index contributed by atoms with van der Waals surface area (Å²) in [5, 5.41) is 10.3. The number of rotatable bonds is 5. The van der Waals surface area contributed by atoms with Gasteiger partial charge in [-0.15, -0.1) is 0 Å². The van der Waals surface area contributed by atoms with E-state index in [1.807, 2.05) is 0 Å². The number of carbonyl (C=O) groups excluding carboxylic acids is 1. The second-order valence-electron chi connectivity index (χ2n) is 6.87. The molecule has 2 fully saturated rings. The van der Waals surface area contributed by atoms with E-state index >= 15 is 0 Å². The Balaban J connectivity index is 1.52. The standard InChI is InChI=1S/C18H26FN3O2/c19-15-5-2-1-4-14(15)17(23)12-21-10-7-13(8-11-21)22-9-3-6-16(22)18(20)24/h1-2,4-5,13,16-17,23H,3,6-12H2,(H2,20,24). The van der Waals surface area contributed by atoms with Gasteiger partial charge in [0.05, 0.1) is 12.1 Å². The zero-order valence-corrected chi connectivity index (χ0v) is 13.9. The predicted molar refractivity (Wildman–Crippen MR) is 89.7 cm³/mol. The molecule has 1 aromatic rings. The highest BCUT2D eigenvalue weighted by Gasteiger charge is 2.35. The van der Waals surface area contributed by atoms with Crippen LogP contribution in [0.2, 0.25) is 0 Å². The number of β-amino-alcohol motifs (C(OH)–C–C–N with tert-alkyl or cyclic N) is 1. The van der Waals surface area contributed by atoms with Gasteiger partial charge in [-0.2, -0.15) is 0 Å². The third kappa shape index (κ3) is 3.77. The molecule has 24 heavy (non-hydrogen) atoms. The van der Waals surface area contributed by atoms with Crippen LogP contribution in [0.5, 0.6) is 0 Å². The molecule has 0 radical (unpaired) electrons. The lowest BCUT2D eigenvalue weighted by Crippen LogP contribution is -2.50. The van der Waals surface area contributed by atoms with Crippen LogP contribution in [-0.4, -0.2) is 59.1 Å². The predicted octanol–water partition coefficient (Wildman–Crippen LogP) is 1.27. The van der Waals surface area contributed by atoms with Crippen molar-refractivity contribution in [3.63, 3.8) is 0 Å². The smallest absolute Gasteiger partial charge is 0.234 e. The maximum Gasteiger partial charge on any atom is 0.234 e. The molecule has 0 saturated carbocycles. The van der Waals surface area contributed by atoms with Crippen molar-refractivity contribution in [2.45, 2.75) is 43.9 Å². The van der Waals surface area contributed by atoms with Gasteiger partial charge in [-0.3, -0.25) is 9.69 Å². The second kappa shape index (κ2) is 7.59. The van der Waals surface area contributed by atoms with Gasteiger partial charge in [0.15, 0.2) is 0 Å². The first-order chi connectivity index (χ1) is 11.6. The number of aliphatic hydroxyl groups excluding tert-OH is 1. The fourth-order valence-electron chi connectivity index (χ4n) is 4.05. The second-order valence-corrected chi connectivity index (χ2v) is 6.87. The highest BCUT2D eigenvalue weighted by atomic mass is 19.1. The van der Waals surface area contributed by atoms with Gasteiger partial charge in [0.25, 0.3) is 0 Å². The minimum atomic E-state index is -0.812. The molecule has 1 amide bonds. The van der Waals surface area contributed by atoms with Gasteiger partial charge in [-0.1, -0.05) is 18.2 Å². The summed E-state index contributed by atoms with van der Waals surface area (Å²) in [6, 6.07) is 6.64. The van der Waals surface area contributed by atoms with Crippen LogP contribution in [-0.2, 0) is 4.79 Å². The number of likely N-dealkylation sites (tertiary alicyclic amines) is 2. The number of halogens is 1. The highest BCUT2D eigenvalue weighted by molar-refractivity contribution is 5.80. The van der Waals surface area contributed by atoms with Gasteiger partial charge in [-0.05, 0) is 51.4 Å². The van der Waals surface area contributed by atoms with Crippen molar-refractivity contribution < 1.29 is 14.3 Å². The Hall–Kier alpha value is -1.50. The summed E-state index contributed by atoms with van der Waals surface area (Å²) >= 11 is 0. The topological polar surface area (TPSA) is 69.8 Å². The number of amides is 1. The van der Waals surface area contributed by atoms with Crippen molar-refractivity contribution in [3.05, 3.63) is 35.6 Å². The number of hydrogen-bond donors (Lipinski definition) is 2. The molecule has 6 heteroatoms. The summed E-state index contributed by atoms with van der Waals surface area (Å²) in [5.41, 5.74) is 5.86. The molecule has 2 aliphatic heterocycles. The SMILES string of the molecule is NC(=O)C1CCCN1C1CCN(CC(O)c2ccccc2F)CC1. The molecule has 3 N–H and O–H groups in total. The number of benzene rings is 1. The summed E-state index contributed by atoms with van der Waals surface area (Å²) in [6.45, 7) is 3.07. The van der Waals surface area contributed by atoms with Crippen LogP contribution in [0.4, 0.5) is 4.39 Å². The van der Waals surface area contributed by atoms with Crippen molar-refractivity contribution in [3.8, 4) is 0 Å². The fraction of sp³-hybridized carbons (Fsp3) is 0.611. The zero-order chi connectivity index (χ0) is 17.1. The van der Waals surface area contributed by atoms with Gasteiger partial charge >= 0.3 is 0 Å². The third-order valence-electron chi connectivity index (χ3n) is 5.34. The molecular weight excluding hydrogens is 309 g/mol. The highest BCUT2D eigenvalue weighted by Crippen LogP contribution is 2.27. The Kier molecular flexibility index (Phi) is 5.48. The van der Waals surface area contributed by atoms with Crippen LogP contribution in [0.15, 0.2) is 24.3 Å². The van der Waals surface area contributed by atoms with Crippen LogP contribution in [0.1, 0.15) is 37.4 Å². The van der Waals surface area contributed by atoms with E-state index < -0.39 is 6.10 Å². The lowest BCUT2D eigenvalue weighted by Gasteiger charge is -2.39. The molecule has 0 bridgehead atoms. The summed E-state index contributed by atoms with van der Waals surface area (Å²) < 4.78 is 13.8. The maximum atomic E-state index is 13.8. The number of carbonyl (C=O) groups is 1. The van der Waals surface area contributed by atoms with Gasteiger partial charge in [0.1, 0.15) is 5.82 Å². The Bertz CT molecular complexity index is 575. The fourth-order valence-corrected chi connectivity index (χ4v) is 4.05. The largest absolute Gasteiger partial charge is 0.387 e. The van der Waals surface area contributed by atoms with E-state index in [0.717, 1.165) is 45.3 Å². The summed E-state index contributed by atoms with van der Waals surface area (Å²) in [6.07, 6.45) is 2.98. The quantitative estimate of drug-likeness (QED) is 0.850. The molecule has 2 saturated heterocycles. The van der Waals surface area contributed by atoms with Crippen molar-refractivity contribution >= 4 is 5.91 Å². The lowest BCUT2D eigenvalue weighted by atomic mass is 10.0. The van der Waals surface area contributed by atoms with Crippen molar-refractivity contribution in [1.29, 1.82) is 0 Å².